The molecule has 1 heterocycles. The Kier molecular flexibility index (Phi) is 6.93. The van der Waals surface area contributed by atoms with Crippen molar-refractivity contribution < 1.29 is 14.3 Å². The molecule has 142 valence electrons. The first kappa shape index (κ1) is 19.5. The van der Waals surface area contributed by atoms with Crippen molar-refractivity contribution >= 4 is 24.0 Å². The number of thioether (sulfide) groups is 1. The van der Waals surface area contributed by atoms with Gasteiger partial charge in [0.25, 0.3) is 0 Å². The summed E-state index contributed by atoms with van der Waals surface area (Å²) in [5.41, 5.74) is 3.28. The average molecular weight is 384 g/mol. The Balaban J connectivity index is 1.78. The highest BCUT2D eigenvalue weighted by Gasteiger charge is 2.34. The standard InChI is InChI=1S/C22H25NO3S/c1-23-22(25)18(10-6-12-24)20-14-26-21-11-5-9-17(13-19(20)21)27-15-16-7-3-2-4-8-16/h2-4,7-9,12-14,18,21H,5-6,10-11,15H2,1H3,(H,23,25). The molecule has 0 saturated carbocycles. The lowest BCUT2D eigenvalue weighted by molar-refractivity contribution is -0.123. The van der Waals surface area contributed by atoms with Crippen molar-refractivity contribution in [2.45, 2.75) is 37.5 Å². The first-order valence-electron chi connectivity index (χ1n) is 9.32. The van der Waals surface area contributed by atoms with Crippen LogP contribution < -0.4 is 5.32 Å². The molecule has 0 radical (unpaired) electrons. The van der Waals surface area contributed by atoms with E-state index in [0.717, 1.165) is 36.0 Å². The molecule has 1 aromatic rings. The second kappa shape index (κ2) is 9.60. The number of hydrogen-bond acceptors (Lipinski definition) is 4. The molecule has 1 aliphatic heterocycles. The van der Waals surface area contributed by atoms with E-state index in [4.69, 9.17) is 4.74 Å². The molecule has 5 heteroatoms. The Morgan fingerprint density at radius 2 is 2.19 bits per heavy atom. The van der Waals surface area contributed by atoms with Crippen molar-refractivity contribution in [3.8, 4) is 0 Å². The van der Waals surface area contributed by atoms with E-state index in [1.165, 1.54) is 10.5 Å². The van der Waals surface area contributed by atoms with Crippen molar-refractivity contribution in [2.24, 2.45) is 5.92 Å². The van der Waals surface area contributed by atoms with E-state index in [0.29, 0.717) is 12.8 Å². The third-order valence-corrected chi connectivity index (χ3v) is 5.97. The van der Waals surface area contributed by atoms with Gasteiger partial charge in [-0.1, -0.05) is 36.4 Å². The first-order valence-corrected chi connectivity index (χ1v) is 10.3. The maximum atomic E-state index is 12.4. The summed E-state index contributed by atoms with van der Waals surface area (Å²) in [7, 11) is 1.63. The summed E-state index contributed by atoms with van der Waals surface area (Å²) >= 11 is 1.80. The monoisotopic (exact) mass is 383 g/mol. The molecule has 27 heavy (non-hydrogen) atoms. The number of aldehydes is 1. The maximum absolute atomic E-state index is 12.4. The minimum atomic E-state index is -0.352. The predicted octanol–water partition coefficient (Wildman–Crippen LogP) is 4.15. The normalized spacial score (nSPS) is 19.6. The summed E-state index contributed by atoms with van der Waals surface area (Å²) in [6.07, 6.45) is 9.71. The summed E-state index contributed by atoms with van der Waals surface area (Å²) in [6, 6.07) is 10.4. The Morgan fingerprint density at radius 3 is 2.93 bits per heavy atom. The average Bonchev–Trinajstić information content (AvgIpc) is 2.97. The topological polar surface area (TPSA) is 55.4 Å². The van der Waals surface area contributed by atoms with E-state index in [9.17, 15) is 9.59 Å². The molecule has 1 aliphatic carbocycles. The van der Waals surface area contributed by atoms with Gasteiger partial charge in [0.2, 0.25) is 5.91 Å². The Morgan fingerprint density at radius 1 is 1.37 bits per heavy atom. The van der Waals surface area contributed by atoms with Gasteiger partial charge in [0.15, 0.2) is 0 Å². The Bertz CT molecular complexity index is 767. The fraction of sp³-hybridized carbons (Fsp3) is 0.364. The molecule has 0 saturated heterocycles. The van der Waals surface area contributed by atoms with E-state index >= 15 is 0 Å². The zero-order valence-corrected chi connectivity index (χ0v) is 16.3. The smallest absolute Gasteiger partial charge is 0.227 e. The van der Waals surface area contributed by atoms with Crippen LogP contribution in [-0.2, 0) is 20.1 Å². The van der Waals surface area contributed by atoms with Crippen molar-refractivity contribution in [3.63, 3.8) is 0 Å². The van der Waals surface area contributed by atoms with Crippen LogP contribution >= 0.6 is 11.8 Å². The first-order chi connectivity index (χ1) is 13.2. The van der Waals surface area contributed by atoms with Crippen LogP contribution in [0.25, 0.3) is 0 Å². The van der Waals surface area contributed by atoms with Crippen molar-refractivity contribution in [1.82, 2.24) is 5.32 Å². The van der Waals surface area contributed by atoms with E-state index in [1.54, 1.807) is 25.1 Å². The molecule has 1 aromatic carbocycles. The summed E-state index contributed by atoms with van der Waals surface area (Å²) in [5, 5.41) is 2.72. The van der Waals surface area contributed by atoms with Gasteiger partial charge in [0, 0.05) is 35.3 Å². The number of fused-ring (bicyclic) bond motifs is 1. The van der Waals surface area contributed by atoms with Gasteiger partial charge in [-0.3, -0.25) is 4.79 Å². The Hall–Kier alpha value is -2.27. The van der Waals surface area contributed by atoms with Gasteiger partial charge >= 0.3 is 0 Å². The van der Waals surface area contributed by atoms with Crippen LogP contribution in [0.1, 0.15) is 31.2 Å². The minimum absolute atomic E-state index is 0.00513. The quantitative estimate of drug-likeness (QED) is 0.685. The summed E-state index contributed by atoms with van der Waals surface area (Å²) in [4.78, 5) is 24.4. The summed E-state index contributed by atoms with van der Waals surface area (Å²) in [6.45, 7) is 0. The van der Waals surface area contributed by atoms with Crippen LogP contribution in [0.2, 0.25) is 0 Å². The third-order valence-electron chi connectivity index (χ3n) is 4.87. The number of nitrogens with one attached hydrogen (secondary N) is 1. The minimum Gasteiger partial charge on any atom is -0.493 e. The van der Waals surface area contributed by atoms with Crippen molar-refractivity contribution in [2.75, 3.05) is 7.05 Å². The number of allylic oxidation sites excluding steroid dienone is 2. The van der Waals surface area contributed by atoms with E-state index < -0.39 is 0 Å². The zero-order valence-electron chi connectivity index (χ0n) is 15.5. The lowest BCUT2D eigenvalue weighted by Gasteiger charge is -2.18. The summed E-state index contributed by atoms with van der Waals surface area (Å²) < 4.78 is 5.87. The van der Waals surface area contributed by atoms with Gasteiger partial charge in [-0.2, -0.15) is 0 Å². The predicted molar refractivity (Wildman–Crippen MR) is 109 cm³/mol. The SMILES string of the molecule is CNC(=O)C(CCC=O)C1=COC2CCC=C(SCc3ccccc3)C=C12. The lowest BCUT2D eigenvalue weighted by atomic mass is 9.87. The molecule has 0 bridgehead atoms. The Labute approximate surface area is 164 Å². The van der Waals surface area contributed by atoms with Gasteiger partial charge in [0.1, 0.15) is 12.4 Å². The molecule has 4 nitrogen and oxygen atoms in total. The molecule has 1 amide bonds. The molecule has 0 fully saturated rings. The fourth-order valence-corrected chi connectivity index (χ4v) is 4.41. The van der Waals surface area contributed by atoms with Crippen LogP contribution in [0, 0.1) is 5.92 Å². The number of carbonyl (C=O) groups excluding carboxylic acids is 2. The molecule has 1 N–H and O–H groups in total. The van der Waals surface area contributed by atoms with E-state index in [-0.39, 0.29) is 17.9 Å². The number of ether oxygens (including phenoxy) is 1. The third kappa shape index (κ3) is 4.92. The highest BCUT2D eigenvalue weighted by Crippen LogP contribution is 2.39. The van der Waals surface area contributed by atoms with Crippen LogP contribution in [-0.4, -0.2) is 25.3 Å². The van der Waals surface area contributed by atoms with Gasteiger partial charge in [-0.05, 0) is 30.9 Å². The van der Waals surface area contributed by atoms with Crippen molar-refractivity contribution in [3.05, 3.63) is 70.4 Å². The molecule has 2 aliphatic rings. The van der Waals surface area contributed by atoms with Gasteiger partial charge in [-0.15, -0.1) is 11.8 Å². The number of rotatable bonds is 8. The van der Waals surface area contributed by atoms with Crippen LogP contribution in [0.5, 0.6) is 0 Å². The number of hydrogen-bond donors (Lipinski definition) is 1. The number of carbonyl (C=O) groups is 2. The van der Waals surface area contributed by atoms with Gasteiger partial charge in [0.05, 0.1) is 12.2 Å². The van der Waals surface area contributed by atoms with Crippen LogP contribution in [0.3, 0.4) is 0 Å². The zero-order chi connectivity index (χ0) is 19.1. The van der Waals surface area contributed by atoms with E-state index in [2.05, 4.69) is 41.7 Å². The number of benzene rings is 1. The van der Waals surface area contributed by atoms with Gasteiger partial charge in [-0.25, -0.2) is 0 Å². The second-order valence-corrected chi connectivity index (χ2v) is 7.72. The van der Waals surface area contributed by atoms with Crippen LogP contribution in [0.15, 0.2) is 64.8 Å². The molecular weight excluding hydrogens is 358 g/mol. The summed E-state index contributed by atoms with van der Waals surface area (Å²) in [5.74, 6) is 0.486. The molecule has 2 atom stereocenters. The number of amides is 1. The van der Waals surface area contributed by atoms with E-state index in [1.807, 2.05) is 6.07 Å². The highest BCUT2D eigenvalue weighted by molar-refractivity contribution is 8.02. The maximum Gasteiger partial charge on any atom is 0.227 e. The van der Waals surface area contributed by atoms with Crippen LogP contribution in [0.4, 0.5) is 0 Å². The highest BCUT2D eigenvalue weighted by atomic mass is 32.2. The largest absolute Gasteiger partial charge is 0.493 e. The second-order valence-electron chi connectivity index (χ2n) is 6.67. The molecule has 3 rings (SSSR count). The molecule has 0 spiro atoms. The fourth-order valence-electron chi connectivity index (χ4n) is 3.43. The van der Waals surface area contributed by atoms with Crippen molar-refractivity contribution in [1.29, 1.82) is 0 Å². The lowest BCUT2D eigenvalue weighted by Crippen LogP contribution is -2.29. The van der Waals surface area contributed by atoms with Gasteiger partial charge < -0.3 is 14.8 Å². The molecule has 2 unspecified atom stereocenters. The molecular formula is C22H25NO3S. The molecule has 0 aromatic heterocycles.